The first-order valence-corrected chi connectivity index (χ1v) is 4.94. The number of thioether (sulfide) groups is 1. The van der Waals surface area contributed by atoms with Crippen LogP contribution in [0.3, 0.4) is 0 Å². The van der Waals surface area contributed by atoms with E-state index in [9.17, 15) is 9.90 Å². The van der Waals surface area contributed by atoms with Crippen LogP contribution >= 0.6 is 11.8 Å². The Morgan fingerprint density at radius 1 is 1.67 bits per heavy atom. The molecule has 0 radical (unpaired) electrons. The van der Waals surface area contributed by atoms with Crippen LogP contribution in [-0.2, 0) is 4.79 Å². The number of carbonyl (C=O) groups is 1. The summed E-state index contributed by atoms with van der Waals surface area (Å²) in [5.74, 6) is -1.10. The molecule has 0 bridgehead atoms. The van der Waals surface area contributed by atoms with Gasteiger partial charge in [0.05, 0.1) is 5.97 Å². The largest absolute Gasteiger partial charge is 0.549 e. The molecule has 0 aliphatic heterocycles. The predicted octanol–water partition coefficient (Wildman–Crippen LogP) is -1.45. The van der Waals surface area contributed by atoms with Gasteiger partial charge in [0.15, 0.2) is 10.8 Å². The molecule has 0 spiro atoms. The number of fused-ring (bicyclic) bond motifs is 1. The number of aromatic nitrogens is 4. The summed E-state index contributed by atoms with van der Waals surface area (Å²) in [6.45, 7) is 0. The van der Waals surface area contributed by atoms with Gasteiger partial charge in [-0.25, -0.2) is 9.97 Å². The van der Waals surface area contributed by atoms with E-state index in [2.05, 4.69) is 15.1 Å². The average Bonchev–Trinajstić information content (AvgIpc) is 2.61. The molecule has 8 heteroatoms. The van der Waals surface area contributed by atoms with Gasteiger partial charge in [-0.15, -0.1) is 0 Å². The molecule has 0 saturated heterocycles. The third-order valence-corrected chi connectivity index (χ3v) is 2.48. The van der Waals surface area contributed by atoms with Crippen LogP contribution in [-0.4, -0.2) is 31.3 Å². The molecule has 15 heavy (non-hydrogen) atoms. The molecular weight excluding hydrogens is 218 g/mol. The number of carboxylic acid groups (broad SMARTS) is 1. The van der Waals surface area contributed by atoms with Crippen molar-refractivity contribution in [2.75, 3.05) is 11.5 Å². The van der Waals surface area contributed by atoms with Gasteiger partial charge in [-0.2, -0.15) is 9.61 Å². The molecule has 0 aromatic carbocycles. The number of aliphatic carboxylic acids is 1. The van der Waals surface area contributed by atoms with Gasteiger partial charge in [-0.1, -0.05) is 11.8 Å². The van der Waals surface area contributed by atoms with E-state index in [0.29, 0.717) is 10.8 Å². The summed E-state index contributed by atoms with van der Waals surface area (Å²) in [4.78, 5) is 18.2. The smallest absolute Gasteiger partial charge is 0.193 e. The second-order valence-corrected chi connectivity index (χ2v) is 3.60. The first-order chi connectivity index (χ1) is 7.16. The van der Waals surface area contributed by atoms with Gasteiger partial charge in [-0.3, -0.25) is 0 Å². The first kappa shape index (κ1) is 9.71. The molecule has 0 unspecified atom stereocenters. The van der Waals surface area contributed by atoms with Crippen LogP contribution < -0.4 is 10.8 Å². The number of nitrogen functional groups attached to an aromatic ring is 1. The van der Waals surface area contributed by atoms with Crippen LogP contribution in [0.4, 0.5) is 5.82 Å². The minimum Gasteiger partial charge on any atom is -0.549 e. The summed E-state index contributed by atoms with van der Waals surface area (Å²) in [6, 6.07) is 1.55. The van der Waals surface area contributed by atoms with Gasteiger partial charge in [0, 0.05) is 11.8 Å². The van der Waals surface area contributed by atoms with Crippen molar-refractivity contribution in [3.8, 4) is 0 Å². The van der Waals surface area contributed by atoms with Crippen LogP contribution in [0.25, 0.3) is 5.65 Å². The Kier molecular flexibility index (Phi) is 2.42. The first-order valence-electron chi connectivity index (χ1n) is 3.96. The maximum atomic E-state index is 10.3. The van der Waals surface area contributed by atoms with E-state index in [1.54, 1.807) is 6.07 Å². The fourth-order valence-electron chi connectivity index (χ4n) is 1.04. The Bertz CT molecular complexity index is 511. The van der Waals surface area contributed by atoms with Crippen LogP contribution in [0.5, 0.6) is 0 Å². The van der Waals surface area contributed by atoms with Gasteiger partial charge in [0.25, 0.3) is 0 Å². The summed E-state index contributed by atoms with van der Waals surface area (Å²) in [7, 11) is 0. The molecule has 0 aliphatic rings. The van der Waals surface area contributed by atoms with Crippen LogP contribution in [0.2, 0.25) is 0 Å². The van der Waals surface area contributed by atoms with E-state index in [1.807, 2.05) is 0 Å². The molecule has 0 aliphatic carbocycles. The van der Waals surface area contributed by atoms with Crippen molar-refractivity contribution in [3.63, 3.8) is 0 Å². The van der Waals surface area contributed by atoms with Crippen molar-refractivity contribution >= 4 is 29.2 Å². The van der Waals surface area contributed by atoms with Crippen LogP contribution in [0, 0.1) is 0 Å². The summed E-state index contributed by atoms with van der Waals surface area (Å²) in [6.07, 6.45) is 1.35. The highest BCUT2D eigenvalue weighted by atomic mass is 32.2. The molecule has 7 nitrogen and oxygen atoms in total. The molecule has 2 aromatic rings. The molecule has 0 fully saturated rings. The lowest BCUT2D eigenvalue weighted by Gasteiger charge is -2.04. The molecular formula is C7H6N5O2S-. The summed E-state index contributed by atoms with van der Waals surface area (Å²) < 4.78 is 1.42. The Labute approximate surface area is 88.3 Å². The average molecular weight is 224 g/mol. The lowest BCUT2D eigenvalue weighted by Crippen LogP contribution is -2.24. The van der Waals surface area contributed by atoms with E-state index in [4.69, 9.17) is 5.73 Å². The van der Waals surface area contributed by atoms with Gasteiger partial charge < -0.3 is 15.6 Å². The van der Waals surface area contributed by atoms with Gasteiger partial charge in [0.1, 0.15) is 12.1 Å². The highest BCUT2D eigenvalue weighted by Crippen LogP contribution is 2.17. The topological polar surface area (TPSA) is 109 Å². The number of nitrogens with two attached hydrogens (primary N) is 1. The molecule has 2 aromatic heterocycles. The summed E-state index contributed by atoms with van der Waals surface area (Å²) in [5, 5.41) is 14.6. The number of anilines is 1. The number of hydrogen-bond acceptors (Lipinski definition) is 7. The zero-order valence-corrected chi connectivity index (χ0v) is 8.27. The number of rotatable bonds is 3. The van der Waals surface area contributed by atoms with E-state index >= 15 is 0 Å². The maximum Gasteiger partial charge on any atom is 0.193 e. The van der Waals surface area contributed by atoms with Gasteiger partial charge in [-0.05, 0) is 0 Å². The Morgan fingerprint density at radius 2 is 2.47 bits per heavy atom. The Morgan fingerprint density at radius 3 is 3.20 bits per heavy atom. The standard InChI is InChI=1S/C7H7N5O2S/c8-4-1-5-9-3-10-12(5)7(11-4)15-2-6(13)14/h1,3H,2,8H2,(H,13,14)/p-1. The van der Waals surface area contributed by atoms with Crippen molar-refractivity contribution < 1.29 is 9.90 Å². The van der Waals surface area contributed by atoms with E-state index < -0.39 is 5.97 Å². The van der Waals surface area contributed by atoms with Crippen molar-refractivity contribution in [1.82, 2.24) is 19.6 Å². The molecule has 0 amide bonds. The molecule has 0 saturated carbocycles. The maximum absolute atomic E-state index is 10.3. The van der Waals surface area contributed by atoms with Crippen molar-refractivity contribution in [1.29, 1.82) is 0 Å². The third kappa shape index (κ3) is 1.99. The predicted molar refractivity (Wildman–Crippen MR) is 50.9 cm³/mol. The monoisotopic (exact) mass is 224 g/mol. The zero-order chi connectivity index (χ0) is 10.8. The Hall–Kier alpha value is -1.83. The quantitative estimate of drug-likeness (QED) is 0.501. The lowest BCUT2D eigenvalue weighted by molar-refractivity contribution is -0.301. The van der Waals surface area contributed by atoms with Crippen LogP contribution in [0.15, 0.2) is 17.6 Å². The highest BCUT2D eigenvalue weighted by Gasteiger charge is 2.06. The molecule has 2 N–H and O–H groups in total. The fraction of sp³-hybridized carbons (Fsp3) is 0.143. The highest BCUT2D eigenvalue weighted by molar-refractivity contribution is 7.99. The van der Waals surface area contributed by atoms with Crippen molar-refractivity contribution in [2.24, 2.45) is 0 Å². The van der Waals surface area contributed by atoms with Gasteiger partial charge >= 0.3 is 0 Å². The third-order valence-electron chi connectivity index (χ3n) is 1.58. The molecule has 78 valence electrons. The SMILES string of the molecule is Nc1cc2ncnn2c(SCC(=O)[O-])n1. The minimum atomic E-state index is -1.17. The van der Waals surface area contributed by atoms with Gasteiger partial charge in [0.2, 0.25) is 0 Å². The zero-order valence-electron chi connectivity index (χ0n) is 7.45. The molecule has 2 heterocycles. The minimum absolute atomic E-state index is 0.203. The normalized spacial score (nSPS) is 10.7. The summed E-state index contributed by atoms with van der Waals surface area (Å²) >= 11 is 0.984. The molecule has 0 atom stereocenters. The van der Waals surface area contributed by atoms with Crippen LogP contribution in [0.1, 0.15) is 0 Å². The number of carboxylic acids is 1. The van der Waals surface area contributed by atoms with Crippen molar-refractivity contribution in [3.05, 3.63) is 12.4 Å². The van der Waals surface area contributed by atoms with E-state index in [1.165, 1.54) is 10.8 Å². The number of hydrogen-bond donors (Lipinski definition) is 1. The Balaban J connectivity index is 2.39. The lowest BCUT2D eigenvalue weighted by atomic mass is 10.6. The molecule has 2 rings (SSSR count). The fourth-order valence-corrected chi connectivity index (χ4v) is 1.72. The number of nitrogens with zero attached hydrogens (tertiary/aromatic N) is 4. The van der Waals surface area contributed by atoms with E-state index in [-0.39, 0.29) is 11.6 Å². The second-order valence-electron chi connectivity index (χ2n) is 2.65. The van der Waals surface area contributed by atoms with Crippen molar-refractivity contribution in [2.45, 2.75) is 5.16 Å². The number of carbonyl (C=O) groups excluding carboxylic acids is 1. The summed E-state index contributed by atoms with van der Waals surface area (Å²) in [5.41, 5.74) is 6.05. The second kappa shape index (κ2) is 3.73. The van der Waals surface area contributed by atoms with E-state index in [0.717, 1.165) is 11.8 Å².